The first-order valence-corrected chi connectivity index (χ1v) is 8.35. The summed E-state index contributed by atoms with van der Waals surface area (Å²) in [6.45, 7) is -0.207. The van der Waals surface area contributed by atoms with Gasteiger partial charge in [-0.25, -0.2) is 14.2 Å². The number of amides is 1. The van der Waals surface area contributed by atoms with Crippen molar-refractivity contribution in [2.45, 2.75) is 12.1 Å². The fourth-order valence-electron chi connectivity index (χ4n) is 2.81. The van der Waals surface area contributed by atoms with Crippen LogP contribution in [0.3, 0.4) is 0 Å². The molecular weight excluding hydrogens is 351 g/mol. The molecule has 130 valence electrons. The number of likely N-dealkylation sites (tertiary alicyclic amines) is 1. The first-order chi connectivity index (χ1) is 12.0. The van der Waals surface area contributed by atoms with Gasteiger partial charge < -0.3 is 19.5 Å². The number of thiazole rings is 1. The van der Waals surface area contributed by atoms with E-state index in [0.29, 0.717) is 21.4 Å². The maximum Gasteiger partial charge on any atom is 0.343 e. The molecule has 25 heavy (non-hydrogen) atoms. The van der Waals surface area contributed by atoms with E-state index in [-0.39, 0.29) is 19.8 Å². The number of hydrogen-bond donors (Lipinski definition) is 1. The molecule has 3 heterocycles. The molecule has 0 saturated carbocycles. The van der Waals surface area contributed by atoms with E-state index < -0.39 is 24.1 Å². The Bertz CT molecular complexity index is 870. The number of benzene rings is 1. The lowest BCUT2D eigenvalue weighted by atomic mass is 10.1. The van der Waals surface area contributed by atoms with Gasteiger partial charge in [-0.05, 0) is 18.2 Å². The summed E-state index contributed by atoms with van der Waals surface area (Å²) in [5.74, 6) is -0.677. The number of carboxylic acid groups (broad SMARTS) is 1. The second-order valence-electron chi connectivity index (χ2n) is 5.84. The Hall–Kier alpha value is -2.68. The molecule has 2 aromatic rings. The van der Waals surface area contributed by atoms with E-state index in [1.807, 2.05) is 6.07 Å². The quantitative estimate of drug-likeness (QED) is 0.898. The third-order valence-electron chi connectivity index (χ3n) is 4.23. The van der Waals surface area contributed by atoms with Gasteiger partial charge in [0.15, 0.2) is 11.5 Å². The van der Waals surface area contributed by atoms with Crippen molar-refractivity contribution in [1.29, 1.82) is 0 Å². The first kappa shape index (κ1) is 15.8. The normalized spacial score (nSPS) is 21.6. The Morgan fingerprint density at radius 1 is 1.32 bits per heavy atom. The standard InChI is InChI=1S/C16H13FN2O5S/c17-16(15(21)22)3-4-19(7-16)14(20)12-6-18-13(25-12)9-1-2-10-11(5-9)24-8-23-10/h1-2,5-6H,3-4,7-8H2,(H,21,22). The highest BCUT2D eigenvalue weighted by Crippen LogP contribution is 2.37. The number of aliphatic carboxylic acids is 1. The van der Waals surface area contributed by atoms with E-state index in [2.05, 4.69) is 4.98 Å². The van der Waals surface area contributed by atoms with Crippen LogP contribution in [-0.4, -0.2) is 52.4 Å². The van der Waals surface area contributed by atoms with Crippen molar-refractivity contribution in [3.8, 4) is 22.1 Å². The predicted molar refractivity (Wildman–Crippen MR) is 85.7 cm³/mol. The molecule has 7 nitrogen and oxygen atoms in total. The highest BCUT2D eigenvalue weighted by Gasteiger charge is 2.47. The second-order valence-corrected chi connectivity index (χ2v) is 6.88. The summed E-state index contributed by atoms with van der Waals surface area (Å²) in [4.78, 5) is 29.2. The van der Waals surface area contributed by atoms with Crippen molar-refractivity contribution in [1.82, 2.24) is 9.88 Å². The summed E-state index contributed by atoms with van der Waals surface area (Å²) in [6, 6.07) is 5.36. The maximum atomic E-state index is 14.1. The molecule has 9 heteroatoms. The SMILES string of the molecule is O=C(c1cnc(-c2ccc3c(c2)OCO3)s1)N1CCC(F)(C(=O)O)C1. The Morgan fingerprint density at radius 3 is 2.88 bits per heavy atom. The number of alkyl halides is 1. The third kappa shape index (κ3) is 2.70. The van der Waals surface area contributed by atoms with E-state index in [9.17, 15) is 14.0 Å². The van der Waals surface area contributed by atoms with Crippen LogP contribution in [0, 0.1) is 0 Å². The fraction of sp³-hybridized carbons (Fsp3) is 0.312. The molecule has 0 spiro atoms. The molecule has 1 aromatic heterocycles. The zero-order valence-corrected chi connectivity index (χ0v) is 13.7. The molecule has 4 rings (SSSR count). The minimum absolute atomic E-state index is 0.0683. The topological polar surface area (TPSA) is 89.0 Å². The predicted octanol–water partition coefficient (Wildman–Crippen LogP) is 2.18. The van der Waals surface area contributed by atoms with Gasteiger partial charge >= 0.3 is 5.97 Å². The van der Waals surface area contributed by atoms with E-state index in [0.717, 1.165) is 5.56 Å². The average Bonchev–Trinajstić information content (AvgIpc) is 3.33. The Balaban J connectivity index is 1.53. The lowest BCUT2D eigenvalue weighted by Crippen LogP contribution is -2.38. The van der Waals surface area contributed by atoms with Crippen LogP contribution in [-0.2, 0) is 4.79 Å². The number of ether oxygens (including phenoxy) is 2. The molecular formula is C16H13FN2O5S. The number of rotatable bonds is 3. The molecule has 2 aliphatic rings. The van der Waals surface area contributed by atoms with Crippen LogP contribution in [0.2, 0.25) is 0 Å². The first-order valence-electron chi connectivity index (χ1n) is 7.54. The Morgan fingerprint density at radius 2 is 2.12 bits per heavy atom. The summed E-state index contributed by atoms with van der Waals surface area (Å²) < 4.78 is 24.7. The van der Waals surface area contributed by atoms with E-state index in [4.69, 9.17) is 14.6 Å². The average molecular weight is 364 g/mol. The van der Waals surface area contributed by atoms with Crippen molar-refractivity contribution in [3.63, 3.8) is 0 Å². The van der Waals surface area contributed by atoms with Crippen LogP contribution in [0.25, 0.3) is 10.6 Å². The molecule has 1 N–H and O–H groups in total. The van der Waals surface area contributed by atoms with Gasteiger partial charge in [0.05, 0.1) is 12.7 Å². The molecule has 1 amide bonds. The van der Waals surface area contributed by atoms with Gasteiger partial charge in [0, 0.05) is 18.5 Å². The number of hydrogen-bond acceptors (Lipinski definition) is 6. The largest absolute Gasteiger partial charge is 0.479 e. The van der Waals surface area contributed by atoms with Crippen molar-refractivity contribution in [2.24, 2.45) is 0 Å². The van der Waals surface area contributed by atoms with Crippen LogP contribution in [0.4, 0.5) is 4.39 Å². The number of nitrogens with zero attached hydrogens (tertiary/aromatic N) is 2. The highest BCUT2D eigenvalue weighted by atomic mass is 32.1. The lowest BCUT2D eigenvalue weighted by Gasteiger charge is -2.16. The molecule has 2 aliphatic heterocycles. The molecule has 0 bridgehead atoms. The van der Waals surface area contributed by atoms with Crippen LogP contribution in [0.15, 0.2) is 24.4 Å². The number of carboxylic acids is 1. The van der Waals surface area contributed by atoms with E-state index in [1.54, 1.807) is 12.1 Å². The van der Waals surface area contributed by atoms with Crippen LogP contribution < -0.4 is 9.47 Å². The number of aromatic nitrogens is 1. The highest BCUT2D eigenvalue weighted by molar-refractivity contribution is 7.16. The lowest BCUT2D eigenvalue weighted by molar-refractivity contribution is -0.149. The summed E-state index contributed by atoms with van der Waals surface area (Å²) in [6.07, 6.45) is 1.22. The van der Waals surface area contributed by atoms with Crippen LogP contribution in [0.5, 0.6) is 11.5 Å². The molecule has 1 unspecified atom stereocenters. The van der Waals surface area contributed by atoms with Crippen LogP contribution in [0.1, 0.15) is 16.1 Å². The van der Waals surface area contributed by atoms with Gasteiger partial charge in [-0.15, -0.1) is 11.3 Å². The number of fused-ring (bicyclic) bond motifs is 1. The van der Waals surface area contributed by atoms with Crippen molar-refractivity contribution in [3.05, 3.63) is 29.3 Å². The minimum atomic E-state index is -2.37. The molecule has 0 aliphatic carbocycles. The number of halogens is 1. The summed E-state index contributed by atoms with van der Waals surface area (Å²) in [7, 11) is 0. The fourth-order valence-corrected chi connectivity index (χ4v) is 3.69. The van der Waals surface area contributed by atoms with Gasteiger partial charge in [0.25, 0.3) is 5.91 Å². The smallest absolute Gasteiger partial charge is 0.343 e. The second kappa shape index (κ2) is 5.69. The van der Waals surface area contributed by atoms with Gasteiger partial charge in [-0.3, -0.25) is 4.79 Å². The summed E-state index contributed by atoms with van der Waals surface area (Å²) in [5.41, 5.74) is -1.60. The van der Waals surface area contributed by atoms with Gasteiger partial charge in [-0.1, -0.05) is 0 Å². The molecule has 1 fully saturated rings. The van der Waals surface area contributed by atoms with E-state index in [1.165, 1.54) is 22.4 Å². The summed E-state index contributed by atoms with van der Waals surface area (Å²) >= 11 is 1.17. The Kier molecular flexibility index (Phi) is 3.60. The zero-order chi connectivity index (χ0) is 17.6. The minimum Gasteiger partial charge on any atom is -0.479 e. The van der Waals surface area contributed by atoms with Crippen molar-refractivity contribution >= 4 is 23.2 Å². The molecule has 1 atom stereocenters. The monoisotopic (exact) mass is 364 g/mol. The van der Waals surface area contributed by atoms with Crippen molar-refractivity contribution < 1.29 is 28.6 Å². The molecule has 1 saturated heterocycles. The van der Waals surface area contributed by atoms with Crippen LogP contribution >= 0.6 is 11.3 Å². The van der Waals surface area contributed by atoms with Gasteiger partial charge in [0.1, 0.15) is 9.88 Å². The van der Waals surface area contributed by atoms with Gasteiger partial charge in [-0.2, -0.15) is 0 Å². The number of carbonyl (C=O) groups is 2. The third-order valence-corrected chi connectivity index (χ3v) is 5.26. The number of carbonyl (C=O) groups excluding carboxylic acids is 1. The molecule has 1 aromatic carbocycles. The Labute approximate surface area is 145 Å². The molecule has 0 radical (unpaired) electrons. The van der Waals surface area contributed by atoms with E-state index >= 15 is 0 Å². The van der Waals surface area contributed by atoms with Crippen molar-refractivity contribution in [2.75, 3.05) is 19.9 Å². The summed E-state index contributed by atoms with van der Waals surface area (Å²) in [5, 5.41) is 9.54. The maximum absolute atomic E-state index is 14.1. The van der Waals surface area contributed by atoms with Gasteiger partial charge in [0.2, 0.25) is 12.5 Å². The zero-order valence-electron chi connectivity index (χ0n) is 12.9.